The van der Waals surface area contributed by atoms with E-state index in [-0.39, 0.29) is 25.7 Å². The standard InChI is InChI=1S/C13H17N3O4S/c14-9-11-10-15(6-8-19-11)21(17,18)16-5-1-3-12(16)13-4-2-7-20-13/h2,4,7,11-12H,1,3,5-6,8,10H2. The van der Waals surface area contributed by atoms with Gasteiger partial charge in [0.15, 0.2) is 6.10 Å². The first-order valence-corrected chi connectivity index (χ1v) is 8.34. The molecule has 2 aliphatic heterocycles. The number of nitrogens with zero attached hydrogens (tertiary/aromatic N) is 3. The second-order valence-corrected chi connectivity index (χ2v) is 7.02. The molecule has 0 aliphatic carbocycles. The first-order chi connectivity index (χ1) is 10.1. The molecular weight excluding hydrogens is 294 g/mol. The van der Waals surface area contributed by atoms with Crippen LogP contribution in [0.5, 0.6) is 0 Å². The second-order valence-electron chi connectivity index (χ2n) is 5.14. The molecule has 0 amide bonds. The third-order valence-corrected chi connectivity index (χ3v) is 5.89. The number of furan rings is 1. The summed E-state index contributed by atoms with van der Waals surface area (Å²) in [6.07, 6.45) is 2.41. The largest absolute Gasteiger partial charge is 0.468 e. The highest BCUT2D eigenvalue weighted by atomic mass is 32.2. The number of rotatable bonds is 3. The molecule has 0 bridgehead atoms. The Morgan fingerprint density at radius 2 is 2.24 bits per heavy atom. The lowest BCUT2D eigenvalue weighted by atomic mass is 10.2. The van der Waals surface area contributed by atoms with E-state index in [0.29, 0.717) is 12.3 Å². The number of ether oxygens (including phenoxy) is 1. The fourth-order valence-corrected chi connectivity index (χ4v) is 4.66. The van der Waals surface area contributed by atoms with Gasteiger partial charge >= 0.3 is 0 Å². The number of hydrogen-bond donors (Lipinski definition) is 0. The van der Waals surface area contributed by atoms with Crippen LogP contribution in [-0.2, 0) is 14.9 Å². The molecule has 1 aromatic rings. The van der Waals surface area contributed by atoms with Gasteiger partial charge in [-0.05, 0) is 25.0 Å². The summed E-state index contributed by atoms with van der Waals surface area (Å²) in [5.74, 6) is 0.668. The van der Waals surface area contributed by atoms with Gasteiger partial charge in [0.2, 0.25) is 0 Å². The predicted molar refractivity (Wildman–Crippen MR) is 73.2 cm³/mol. The Kier molecular flexibility index (Phi) is 3.99. The molecule has 2 fully saturated rings. The van der Waals surface area contributed by atoms with Crippen molar-refractivity contribution in [2.24, 2.45) is 0 Å². The van der Waals surface area contributed by atoms with Crippen LogP contribution >= 0.6 is 0 Å². The topological polar surface area (TPSA) is 86.8 Å². The Labute approximate surface area is 123 Å². The maximum absolute atomic E-state index is 12.8. The van der Waals surface area contributed by atoms with Crippen LogP contribution in [0.25, 0.3) is 0 Å². The van der Waals surface area contributed by atoms with Gasteiger partial charge < -0.3 is 9.15 Å². The Balaban J connectivity index is 1.82. The molecule has 0 aromatic carbocycles. The van der Waals surface area contributed by atoms with E-state index in [9.17, 15) is 8.42 Å². The third kappa shape index (κ3) is 2.70. The molecule has 2 saturated heterocycles. The summed E-state index contributed by atoms with van der Waals surface area (Å²) in [7, 11) is -3.60. The lowest BCUT2D eigenvalue weighted by Gasteiger charge is -2.33. The van der Waals surface area contributed by atoms with Crippen molar-refractivity contribution in [2.75, 3.05) is 26.2 Å². The van der Waals surface area contributed by atoms with Crippen molar-refractivity contribution in [1.82, 2.24) is 8.61 Å². The molecule has 8 heteroatoms. The molecule has 2 unspecified atom stereocenters. The van der Waals surface area contributed by atoms with E-state index < -0.39 is 16.3 Å². The fraction of sp³-hybridized carbons (Fsp3) is 0.615. The average molecular weight is 311 g/mol. The minimum atomic E-state index is -3.60. The SMILES string of the molecule is N#CC1CN(S(=O)(=O)N2CCCC2c2ccco2)CCO1. The Morgan fingerprint density at radius 3 is 2.95 bits per heavy atom. The Bertz CT molecular complexity index is 622. The molecule has 0 saturated carbocycles. The van der Waals surface area contributed by atoms with Crippen molar-refractivity contribution in [3.8, 4) is 6.07 Å². The average Bonchev–Trinajstić information content (AvgIpc) is 3.17. The van der Waals surface area contributed by atoms with Crippen LogP contribution in [0.15, 0.2) is 22.8 Å². The van der Waals surface area contributed by atoms with Crippen molar-refractivity contribution in [2.45, 2.75) is 25.0 Å². The van der Waals surface area contributed by atoms with Crippen LogP contribution in [0, 0.1) is 11.3 Å². The summed E-state index contributed by atoms with van der Waals surface area (Å²) < 4.78 is 39.0. The van der Waals surface area contributed by atoms with Crippen LogP contribution in [0.1, 0.15) is 24.6 Å². The molecule has 3 heterocycles. The first-order valence-electron chi connectivity index (χ1n) is 6.94. The van der Waals surface area contributed by atoms with E-state index in [1.165, 1.54) is 8.61 Å². The summed E-state index contributed by atoms with van der Waals surface area (Å²) >= 11 is 0. The van der Waals surface area contributed by atoms with Gasteiger partial charge in [-0.1, -0.05) is 0 Å². The lowest BCUT2D eigenvalue weighted by molar-refractivity contribution is 0.0286. The van der Waals surface area contributed by atoms with Gasteiger partial charge in [-0.25, -0.2) is 0 Å². The molecular formula is C13H17N3O4S. The van der Waals surface area contributed by atoms with Gasteiger partial charge in [-0.3, -0.25) is 0 Å². The van der Waals surface area contributed by atoms with Crippen LogP contribution in [0.3, 0.4) is 0 Å². The van der Waals surface area contributed by atoms with Gasteiger partial charge in [0.25, 0.3) is 10.2 Å². The van der Waals surface area contributed by atoms with E-state index >= 15 is 0 Å². The van der Waals surface area contributed by atoms with Gasteiger partial charge in [0.05, 0.1) is 31.5 Å². The van der Waals surface area contributed by atoms with Crippen LogP contribution in [-0.4, -0.2) is 49.4 Å². The summed E-state index contributed by atoms with van der Waals surface area (Å²) in [4.78, 5) is 0. The maximum Gasteiger partial charge on any atom is 0.282 e. The zero-order valence-electron chi connectivity index (χ0n) is 11.5. The molecule has 0 radical (unpaired) electrons. The molecule has 21 heavy (non-hydrogen) atoms. The smallest absolute Gasteiger partial charge is 0.282 e. The van der Waals surface area contributed by atoms with Crippen LogP contribution in [0.2, 0.25) is 0 Å². The normalized spacial score (nSPS) is 28.5. The second kappa shape index (κ2) is 5.77. The van der Waals surface area contributed by atoms with E-state index in [0.717, 1.165) is 12.8 Å². The summed E-state index contributed by atoms with van der Waals surface area (Å²) in [5, 5.41) is 8.92. The zero-order chi connectivity index (χ0) is 14.9. The van der Waals surface area contributed by atoms with Crippen molar-refractivity contribution in [3.63, 3.8) is 0 Å². The monoisotopic (exact) mass is 311 g/mol. The highest BCUT2D eigenvalue weighted by Gasteiger charge is 2.41. The Hall–Kier alpha value is -1.40. The van der Waals surface area contributed by atoms with E-state index in [1.54, 1.807) is 18.4 Å². The minimum Gasteiger partial charge on any atom is -0.468 e. The molecule has 2 aliphatic rings. The maximum atomic E-state index is 12.8. The van der Waals surface area contributed by atoms with Crippen LogP contribution in [0.4, 0.5) is 0 Å². The fourth-order valence-electron chi connectivity index (χ4n) is 2.84. The molecule has 7 nitrogen and oxygen atoms in total. The van der Waals surface area contributed by atoms with Crippen molar-refractivity contribution < 1.29 is 17.6 Å². The minimum absolute atomic E-state index is 0.0835. The quantitative estimate of drug-likeness (QED) is 0.827. The van der Waals surface area contributed by atoms with E-state index in [2.05, 4.69) is 0 Å². The summed E-state index contributed by atoms with van der Waals surface area (Å²) in [6.45, 7) is 1.08. The van der Waals surface area contributed by atoms with Crippen LogP contribution < -0.4 is 0 Å². The molecule has 3 rings (SSSR count). The summed E-state index contributed by atoms with van der Waals surface area (Å²) in [5.41, 5.74) is 0. The molecule has 0 spiro atoms. The Morgan fingerprint density at radius 1 is 1.38 bits per heavy atom. The summed E-state index contributed by atoms with van der Waals surface area (Å²) in [6, 6.07) is 5.28. The van der Waals surface area contributed by atoms with Crippen molar-refractivity contribution in [1.29, 1.82) is 5.26 Å². The zero-order valence-corrected chi connectivity index (χ0v) is 12.3. The van der Waals surface area contributed by atoms with Gasteiger partial charge in [0, 0.05) is 13.1 Å². The lowest BCUT2D eigenvalue weighted by Crippen LogP contribution is -2.50. The molecule has 114 valence electrons. The van der Waals surface area contributed by atoms with Gasteiger partial charge in [-0.15, -0.1) is 0 Å². The number of nitriles is 1. The van der Waals surface area contributed by atoms with Gasteiger partial charge in [-0.2, -0.15) is 22.3 Å². The van der Waals surface area contributed by atoms with Gasteiger partial charge in [0.1, 0.15) is 5.76 Å². The van der Waals surface area contributed by atoms with E-state index in [4.69, 9.17) is 14.4 Å². The van der Waals surface area contributed by atoms with Crippen molar-refractivity contribution in [3.05, 3.63) is 24.2 Å². The third-order valence-electron chi connectivity index (χ3n) is 3.87. The van der Waals surface area contributed by atoms with Crippen molar-refractivity contribution >= 4 is 10.2 Å². The number of morpholine rings is 1. The molecule has 1 aromatic heterocycles. The highest BCUT2D eigenvalue weighted by Crippen LogP contribution is 2.35. The first kappa shape index (κ1) is 14.5. The number of hydrogen-bond acceptors (Lipinski definition) is 5. The molecule has 2 atom stereocenters. The highest BCUT2D eigenvalue weighted by molar-refractivity contribution is 7.86. The van der Waals surface area contributed by atoms with E-state index in [1.807, 2.05) is 6.07 Å². The molecule has 0 N–H and O–H groups in total. The predicted octanol–water partition coefficient (Wildman–Crippen LogP) is 0.886.